The largest absolute Gasteiger partial charge is 0.297 e. The van der Waals surface area contributed by atoms with Crippen LogP contribution in [-0.4, -0.2) is 15.3 Å². The van der Waals surface area contributed by atoms with Crippen LogP contribution in [0, 0.1) is 0 Å². The van der Waals surface area contributed by atoms with Crippen LogP contribution in [0.2, 0.25) is 0 Å². The van der Waals surface area contributed by atoms with Crippen molar-refractivity contribution >= 4 is 5.78 Å². The van der Waals surface area contributed by atoms with E-state index in [1.807, 2.05) is 0 Å². The molecule has 2 aliphatic rings. The van der Waals surface area contributed by atoms with Gasteiger partial charge >= 0.3 is 0 Å². The van der Waals surface area contributed by atoms with Crippen molar-refractivity contribution in [1.82, 2.24) is 9.55 Å². The van der Waals surface area contributed by atoms with Crippen LogP contribution in [0.15, 0.2) is 17.2 Å². The molecule has 4 nitrogen and oxygen atoms in total. The van der Waals surface area contributed by atoms with Gasteiger partial charge in [0, 0.05) is 18.4 Å². The number of carbonyl (C=O) groups excluding carboxylic acids is 1. The minimum atomic E-state index is -0.269. The minimum absolute atomic E-state index is 0.0628. The summed E-state index contributed by atoms with van der Waals surface area (Å²) in [7, 11) is 0. The Bertz CT molecular complexity index is 517. The molecule has 2 saturated carbocycles. The van der Waals surface area contributed by atoms with Gasteiger partial charge in [0.05, 0.1) is 18.1 Å². The SMILES string of the molecule is O=C1CCCCC1n1cnc(C2CCC2)cc1=O. The molecule has 0 radical (unpaired) electrons. The number of hydrogen-bond acceptors (Lipinski definition) is 3. The van der Waals surface area contributed by atoms with Gasteiger partial charge in [0.2, 0.25) is 0 Å². The van der Waals surface area contributed by atoms with Crippen LogP contribution in [0.5, 0.6) is 0 Å². The van der Waals surface area contributed by atoms with Crippen LogP contribution in [0.4, 0.5) is 0 Å². The zero-order chi connectivity index (χ0) is 12.5. The molecular formula is C14H18N2O2. The Balaban J connectivity index is 1.88. The van der Waals surface area contributed by atoms with E-state index in [1.165, 1.54) is 11.0 Å². The van der Waals surface area contributed by atoms with Gasteiger partial charge in [-0.2, -0.15) is 0 Å². The second-order valence-corrected chi connectivity index (χ2v) is 5.41. The van der Waals surface area contributed by atoms with E-state index in [2.05, 4.69) is 4.98 Å². The Morgan fingerprint density at radius 1 is 1.11 bits per heavy atom. The van der Waals surface area contributed by atoms with Crippen LogP contribution in [0.3, 0.4) is 0 Å². The lowest BCUT2D eigenvalue weighted by molar-refractivity contribution is -0.123. The first-order chi connectivity index (χ1) is 8.75. The molecule has 1 atom stereocenters. The van der Waals surface area contributed by atoms with Crippen LogP contribution < -0.4 is 5.56 Å². The Hall–Kier alpha value is -1.45. The Morgan fingerprint density at radius 3 is 2.56 bits per heavy atom. The van der Waals surface area contributed by atoms with E-state index in [1.54, 1.807) is 12.4 Å². The van der Waals surface area contributed by atoms with Crippen LogP contribution in [-0.2, 0) is 4.79 Å². The van der Waals surface area contributed by atoms with Gasteiger partial charge in [-0.25, -0.2) is 4.98 Å². The maximum Gasteiger partial charge on any atom is 0.254 e. The molecule has 0 N–H and O–H groups in total. The van der Waals surface area contributed by atoms with E-state index in [0.717, 1.165) is 37.8 Å². The maximum atomic E-state index is 12.1. The standard InChI is InChI=1S/C14H18N2O2/c17-13-7-2-1-6-12(13)16-9-15-11(8-14(16)18)10-4-3-5-10/h8-10,12H,1-7H2. The summed E-state index contributed by atoms with van der Waals surface area (Å²) in [5.74, 6) is 0.649. The summed E-state index contributed by atoms with van der Waals surface area (Å²) in [5.41, 5.74) is 0.845. The summed E-state index contributed by atoms with van der Waals surface area (Å²) >= 11 is 0. The van der Waals surface area contributed by atoms with Crippen LogP contribution in [0.25, 0.3) is 0 Å². The van der Waals surface area contributed by atoms with E-state index in [4.69, 9.17) is 0 Å². The third-order valence-electron chi connectivity index (χ3n) is 4.24. The topological polar surface area (TPSA) is 52.0 Å². The van der Waals surface area contributed by atoms with Gasteiger partial charge in [-0.3, -0.25) is 14.2 Å². The number of nitrogens with zero attached hydrogens (tertiary/aromatic N) is 2. The van der Waals surface area contributed by atoms with Gasteiger partial charge < -0.3 is 0 Å². The second-order valence-electron chi connectivity index (χ2n) is 5.41. The van der Waals surface area contributed by atoms with Gasteiger partial charge in [0.15, 0.2) is 5.78 Å². The summed E-state index contributed by atoms with van der Waals surface area (Å²) in [6, 6.07) is 1.36. The van der Waals surface area contributed by atoms with Crippen molar-refractivity contribution in [2.24, 2.45) is 0 Å². The third-order valence-corrected chi connectivity index (χ3v) is 4.24. The lowest BCUT2D eigenvalue weighted by Crippen LogP contribution is -2.32. The Labute approximate surface area is 106 Å². The summed E-state index contributed by atoms with van der Waals surface area (Å²) < 4.78 is 1.53. The molecule has 0 amide bonds. The molecule has 1 unspecified atom stereocenters. The van der Waals surface area contributed by atoms with Crippen molar-refractivity contribution in [3.05, 3.63) is 28.4 Å². The lowest BCUT2D eigenvalue weighted by atomic mass is 9.83. The van der Waals surface area contributed by atoms with Crippen molar-refractivity contribution in [3.8, 4) is 0 Å². The van der Waals surface area contributed by atoms with E-state index in [0.29, 0.717) is 12.3 Å². The van der Waals surface area contributed by atoms with Crippen LogP contribution >= 0.6 is 0 Å². The fraction of sp³-hybridized carbons (Fsp3) is 0.643. The normalized spacial score (nSPS) is 24.9. The quantitative estimate of drug-likeness (QED) is 0.803. The molecule has 1 heterocycles. The number of aromatic nitrogens is 2. The number of Topliss-reactive ketones (excluding diaryl/α,β-unsaturated/α-hetero) is 1. The fourth-order valence-electron chi connectivity index (χ4n) is 2.84. The highest BCUT2D eigenvalue weighted by Gasteiger charge is 2.26. The minimum Gasteiger partial charge on any atom is -0.297 e. The molecular weight excluding hydrogens is 228 g/mol. The van der Waals surface area contributed by atoms with E-state index in [9.17, 15) is 9.59 Å². The van der Waals surface area contributed by atoms with Gasteiger partial charge in [0.1, 0.15) is 0 Å². The van der Waals surface area contributed by atoms with Crippen LogP contribution in [0.1, 0.15) is 62.6 Å². The fourth-order valence-corrected chi connectivity index (χ4v) is 2.84. The first-order valence-corrected chi connectivity index (χ1v) is 6.86. The van der Waals surface area contributed by atoms with Crippen molar-refractivity contribution in [2.75, 3.05) is 0 Å². The molecule has 18 heavy (non-hydrogen) atoms. The molecule has 4 heteroatoms. The molecule has 1 aromatic heterocycles. The van der Waals surface area contributed by atoms with Gasteiger partial charge in [-0.05, 0) is 25.7 Å². The monoisotopic (exact) mass is 246 g/mol. The molecule has 1 aromatic rings. The first kappa shape index (κ1) is 11.6. The van der Waals surface area contributed by atoms with E-state index >= 15 is 0 Å². The molecule has 3 rings (SSSR count). The lowest BCUT2D eigenvalue weighted by Gasteiger charge is -2.26. The molecule has 0 aliphatic heterocycles. The van der Waals surface area contributed by atoms with E-state index in [-0.39, 0.29) is 17.4 Å². The summed E-state index contributed by atoms with van der Waals surface area (Å²) in [4.78, 5) is 28.3. The summed E-state index contributed by atoms with van der Waals surface area (Å²) in [6.07, 6.45) is 8.45. The first-order valence-electron chi connectivity index (χ1n) is 6.86. The van der Waals surface area contributed by atoms with E-state index < -0.39 is 0 Å². The average molecular weight is 246 g/mol. The molecule has 0 bridgehead atoms. The zero-order valence-electron chi connectivity index (χ0n) is 10.5. The predicted octanol–water partition coefficient (Wildman–Crippen LogP) is 2.20. The van der Waals surface area contributed by atoms with Crippen molar-refractivity contribution in [2.45, 2.75) is 56.9 Å². The molecule has 0 saturated heterocycles. The highest BCUT2D eigenvalue weighted by Crippen LogP contribution is 2.34. The number of hydrogen-bond donors (Lipinski definition) is 0. The Kier molecular flexibility index (Phi) is 3.02. The summed E-state index contributed by atoms with van der Waals surface area (Å²) in [5, 5.41) is 0. The van der Waals surface area contributed by atoms with Crippen molar-refractivity contribution in [3.63, 3.8) is 0 Å². The Morgan fingerprint density at radius 2 is 1.94 bits per heavy atom. The molecule has 96 valence electrons. The zero-order valence-corrected chi connectivity index (χ0v) is 10.5. The highest BCUT2D eigenvalue weighted by molar-refractivity contribution is 5.83. The summed E-state index contributed by atoms with van der Waals surface area (Å²) in [6.45, 7) is 0. The second kappa shape index (κ2) is 4.67. The molecule has 2 aliphatic carbocycles. The number of carbonyl (C=O) groups is 1. The van der Waals surface area contributed by atoms with Crippen molar-refractivity contribution < 1.29 is 4.79 Å². The van der Waals surface area contributed by atoms with Gasteiger partial charge in [-0.15, -0.1) is 0 Å². The molecule has 2 fully saturated rings. The average Bonchev–Trinajstić information content (AvgIpc) is 2.28. The number of rotatable bonds is 2. The smallest absolute Gasteiger partial charge is 0.254 e. The molecule has 0 spiro atoms. The van der Waals surface area contributed by atoms with Gasteiger partial charge in [-0.1, -0.05) is 12.8 Å². The maximum absolute atomic E-state index is 12.1. The van der Waals surface area contributed by atoms with Gasteiger partial charge in [0.25, 0.3) is 5.56 Å². The molecule has 0 aromatic carbocycles. The number of ketones is 1. The highest BCUT2D eigenvalue weighted by atomic mass is 16.1. The third kappa shape index (κ3) is 2.00. The predicted molar refractivity (Wildman–Crippen MR) is 67.6 cm³/mol. The van der Waals surface area contributed by atoms with Crippen molar-refractivity contribution in [1.29, 1.82) is 0 Å².